The van der Waals surface area contributed by atoms with Crippen molar-refractivity contribution in [3.05, 3.63) is 11.8 Å². The van der Waals surface area contributed by atoms with Crippen LogP contribution in [-0.2, 0) is 21.2 Å². The predicted molar refractivity (Wildman–Crippen MR) is 77.8 cm³/mol. The van der Waals surface area contributed by atoms with Gasteiger partial charge in [-0.25, -0.2) is 12.7 Å². The Bertz CT molecular complexity index is 669. The molecular formula is C14H21N3O4S. The molecule has 2 atom stereocenters. The van der Waals surface area contributed by atoms with Gasteiger partial charge in [0.25, 0.3) is 0 Å². The molecule has 0 radical (unpaired) electrons. The van der Waals surface area contributed by atoms with Gasteiger partial charge in [-0.15, -0.1) is 10.2 Å². The summed E-state index contributed by atoms with van der Waals surface area (Å²) in [5.41, 5.74) is -0.213. The molecule has 0 N–H and O–H groups in total. The Morgan fingerprint density at radius 3 is 2.91 bits per heavy atom. The monoisotopic (exact) mass is 327 g/mol. The molecule has 8 heteroatoms. The zero-order valence-electron chi connectivity index (χ0n) is 12.7. The summed E-state index contributed by atoms with van der Waals surface area (Å²) >= 11 is 0. The van der Waals surface area contributed by atoms with Crippen LogP contribution < -0.4 is 0 Å². The van der Waals surface area contributed by atoms with Gasteiger partial charge in [0.15, 0.2) is 0 Å². The van der Waals surface area contributed by atoms with E-state index in [9.17, 15) is 8.42 Å². The van der Waals surface area contributed by atoms with Crippen LogP contribution in [0.15, 0.2) is 4.42 Å². The molecule has 0 spiro atoms. The molecule has 3 fully saturated rings. The topological polar surface area (TPSA) is 85.5 Å². The van der Waals surface area contributed by atoms with Crippen LogP contribution in [0.2, 0.25) is 0 Å². The van der Waals surface area contributed by atoms with Crippen molar-refractivity contribution in [3.63, 3.8) is 0 Å². The van der Waals surface area contributed by atoms with E-state index in [1.165, 1.54) is 0 Å². The van der Waals surface area contributed by atoms with Gasteiger partial charge in [0.2, 0.25) is 21.8 Å². The molecule has 1 aromatic heterocycles. The van der Waals surface area contributed by atoms with Crippen molar-refractivity contribution in [2.45, 2.75) is 32.1 Å². The van der Waals surface area contributed by atoms with Crippen molar-refractivity contribution < 1.29 is 17.6 Å². The summed E-state index contributed by atoms with van der Waals surface area (Å²) in [6.45, 7) is 3.90. The number of fused-ring (bicyclic) bond motifs is 1. The van der Waals surface area contributed by atoms with Crippen molar-refractivity contribution in [2.75, 3.05) is 32.1 Å². The number of nitrogens with zero attached hydrogens (tertiary/aromatic N) is 3. The molecule has 4 rings (SSSR count). The molecule has 7 nitrogen and oxygen atoms in total. The number of sulfonamides is 1. The van der Waals surface area contributed by atoms with Crippen LogP contribution in [0.5, 0.6) is 0 Å². The van der Waals surface area contributed by atoms with Crippen LogP contribution in [0.1, 0.15) is 37.5 Å². The average Bonchev–Trinajstić information content (AvgIpc) is 2.95. The van der Waals surface area contributed by atoms with E-state index in [0.29, 0.717) is 44.5 Å². The fourth-order valence-corrected chi connectivity index (χ4v) is 4.79. The van der Waals surface area contributed by atoms with Crippen LogP contribution in [0.3, 0.4) is 0 Å². The van der Waals surface area contributed by atoms with E-state index in [2.05, 4.69) is 10.2 Å². The molecule has 3 heterocycles. The van der Waals surface area contributed by atoms with Gasteiger partial charge in [0.05, 0.1) is 19.0 Å². The second-order valence-corrected chi connectivity index (χ2v) is 9.01. The molecule has 0 unspecified atom stereocenters. The van der Waals surface area contributed by atoms with Gasteiger partial charge in [-0.05, 0) is 19.8 Å². The minimum atomic E-state index is -3.16. The van der Waals surface area contributed by atoms with Crippen LogP contribution in [0.25, 0.3) is 0 Å². The van der Waals surface area contributed by atoms with Gasteiger partial charge >= 0.3 is 0 Å². The number of hydrogen-bond donors (Lipinski definition) is 0. The van der Waals surface area contributed by atoms with Crippen LogP contribution >= 0.6 is 0 Å². The molecule has 2 aliphatic heterocycles. The van der Waals surface area contributed by atoms with E-state index in [-0.39, 0.29) is 17.1 Å². The number of ether oxygens (including phenoxy) is 1. The fourth-order valence-electron chi connectivity index (χ4n) is 3.56. The molecule has 1 aromatic rings. The molecular weight excluding hydrogens is 306 g/mol. The molecule has 3 aliphatic rings. The minimum absolute atomic E-state index is 0.142. The lowest BCUT2D eigenvalue weighted by Crippen LogP contribution is -2.36. The Morgan fingerprint density at radius 1 is 1.36 bits per heavy atom. The zero-order chi connectivity index (χ0) is 15.4. The summed E-state index contributed by atoms with van der Waals surface area (Å²) in [5, 5.41) is 8.29. The van der Waals surface area contributed by atoms with Crippen molar-refractivity contribution >= 4 is 10.0 Å². The summed E-state index contributed by atoms with van der Waals surface area (Å²) < 4.78 is 37.3. The fraction of sp³-hybridized carbons (Fsp3) is 0.857. The Morgan fingerprint density at radius 2 is 2.18 bits per heavy atom. The highest BCUT2D eigenvalue weighted by molar-refractivity contribution is 7.89. The highest BCUT2D eigenvalue weighted by Gasteiger charge is 2.53. The van der Waals surface area contributed by atoms with Gasteiger partial charge in [0, 0.05) is 36.8 Å². The van der Waals surface area contributed by atoms with E-state index < -0.39 is 10.0 Å². The average molecular weight is 327 g/mol. The van der Waals surface area contributed by atoms with Crippen molar-refractivity contribution in [3.8, 4) is 0 Å². The summed E-state index contributed by atoms with van der Waals surface area (Å²) in [7, 11) is -3.16. The van der Waals surface area contributed by atoms with Crippen molar-refractivity contribution in [1.29, 1.82) is 0 Å². The molecule has 2 saturated heterocycles. The minimum Gasteiger partial charge on any atom is -0.425 e. The SMILES string of the molecule is CCS(=O)(=O)N1C[C@@H]2COC[C@]2(Cc2nnc(C3CC3)o2)C1. The van der Waals surface area contributed by atoms with Crippen molar-refractivity contribution in [1.82, 2.24) is 14.5 Å². The maximum absolute atomic E-state index is 12.2. The number of aromatic nitrogens is 2. The maximum atomic E-state index is 12.2. The Balaban J connectivity index is 1.55. The lowest BCUT2D eigenvalue weighted by Gasteiger charge is -2.25. The highest BCUT2D eigenvalue weighted by Crippen LogP contribution is 2.45. The molecule has 122 valence electrons. The second-order valence-electron chi connectivity index (χ2n) is 6.75. The second kappa shape index (κ2) is 5.01. The first-order valence-corrected chi connectivity index (χ1v) is 9.51. The Kier molecular flexibility index (Phi) is 3.32. The molecule has 22 heavy (non-hydrogen) atoms. The number of hydrogen-bond acceptors (Lipinski definition) is 6. The highest BCUT2D eigenvalue weighted by atomic mass is 32.2. The first kappa shape index (κ1) is 14.6. The third kappa shape index (κ3) is 2.37. The van der Waals surface area contributed by atoms with E-state index in [1.54, 1.807) is 11.2 Å². The Labute approximate surface area is 130 Å². The van der Waals surface area contributed by atoms with Gasteiger partial charge < -0.3 is 9.15 Å². The third-order valence-electron chi connectivity index (χ3n) is 5.16. The van der Waals surface area contributed by atoms with Gasteiger partial charge in [0.1, 0.15) is 0 Å². The van der Waals surface area contributed by atoms with Gasteiger partial charge in [-0.2, -0.15) is 0 Å². The predicted octanol–water partition coefficient (Wildman–Crippen LogP) is 0.788. The quantitative estimate of drug-likeness (QED) is 0.795. The van der Waals surface area contributed by atoms with E-state index in [0.717, 1.165) is 18.7 Å². The largest absolute Gasteiger partial charge is 0.425 e. The summed E-state index contributed by atoms with van der Waals surface area (Å²) in [6, 6.07) is 0. The first-order valence-electron chi connectivity index (χ1n) is 7.90. The normalized spacial score (nSPS) is 32.5. The standard InChI is InChI=1S/C14H21N3O4S/c1-2-22(18,19)17-6-11-7-20-9-14(11,8-17)5-12-15-16-13(21-12)10-3-4-10/h10-11H,2-9H2,1H3/t11-,14+/m1/s1. The van der Waals surface area contributed by atoms with Gasteiger partial charge in [-0.3, -0.25) is 0 Å². The van der Waals surface area contributed by atoms with E-state index in [1.807, 2.05) is 0 Å². The third-order valence-corrected chi connectivity index (χ3v) is 6.95. The smallest absolute Gasteiger partial charge is 0.219 e. The molecule has 0 aromatic carbocycles. The lowest BCUT2D eigenvalue weighted by molar-refractivity contribution is 0.138. The number of rotatable bonds is 5. The lowest BCUT2D eigenvalue weighted by atomic mass is 9.78. The summed E-state index contributed by atoms with van der Waals surface area (Å²) in [4.78, 5) is 0. The molecule has 0 bridgehead atoms. The zero-order valence-corrected chi connectivity index (χ0v) is 13.5. The molecule has 0 amide bonds. The van der Waals surface area contributed by atoms with Crippen LogP contribution in [0.4, 0.5) is 0 Å². The Hall–Kier alpha value is -0.990. The first-order chi connectivity index (χ1) is 10.5. The summed E-state index contributed by atoms with van der Waals surface area (Å²) in [6.07, 6.45) is 2.86. The van der Waals surface area contributed by atoms with Crippen LogP contribution in [-0.4, -0.2) is 55.0 Å². The molecule has 1 saturated carbocycles. The van der Waals surface area contributed by atoms with E-state index >= 15 is 0 Å². The van der Waals surface area contributed by atoms with Gasteiger partial charge in [-0.1, -0.05) is 0 Å². The maximum Gasteiger partial charge on any atom is 0.219 e. The van der Waals surface area contributed by atoms with Crippen molar-refractivity contribution in [2.24, 2.45) is 11.3 Å². The van der Waals surface area contributed by atoms with Crippen LogP contribution in [0, 0.1) is 11.3 Å². The molecule has 1 aliphatic carbocycles. The van der Waals surface area contributed by atoms with E-state index in [4.69, 9.17) is 9.15 Å². The summed E-state index contributed by atoms with van der Waals surface area (Å²) in [5.74, 6) is 2.15.